The van der Waals surface area contributed by atoms with Gasteiger partial charge in [-0.3, -0.25) is 4.90 Å². The molecule has 20 heavy (non-hydrogen) atoms. The third kappa shape index (κ3) is 3.49. The first-order chi connectivity index (χ1) is 9.29. The minimum atomic E-state index is -4.47. The average Bonchev–Trinajstić information content (AvgIpc) is 2.87. The molecule has 2 atom stereocenters. The maximum Gasteiger partial charge on any atom is 0.443 e. The minimum Gasteiger partial charge on any atom is -0.385 e. The van der Waals surface area contributed by atoms with Crippen LogP contribution in [-0.4, -0.2) is 46.8 Å². The van der Waals surface area contributed by atoms with Gasteiger partial charge in [-0.05, 0) is 13.8 Å². The molecule has 0 saturated carbocycles. The Balaban J connectivity index is 2.07. The fraction of sp³-hybridized carbons (Fsp3) is 0.750. The topological polar surface area (TPSA) is 45.6 Å². The molecule has 0 aromatic carbocycles. The molecular formula is C12H17F3N2O2S. The van der Waals surface area contributed by atoms with Gasteiger partial charge in [0, 0.05) is 25.3 Å². The van der Waals surface area contributed by atoms with E-state index in [9.17, 15) is 18.3 Å². The number of hydrogen-bond donors (Lipinski definition) is 1. The first-order valence-corrected chi connectivity index (χ1v) is 7.17. The van der Waals surface area contributed by atoms with Crippen molar-refractivity contribution in [1.82, 2.24) is 9.88 Å². The van der Waals surface area contributed by atoms with Crippen LogP contribution >= 0.6 is 11.3 Å². The van der Waals surface area contributed by atoms with Crippen molar-refractivity contribution in [1.29, 1.82) is 0 Å². The van der Waals surface area contributed by atoms with Gasteiger partial charge in [0.25, 0.3) is 0 Å². The van der Waals surface area contributed by atoms with Crippen LogP contribution in [-0.2, 0) is 10.9 Å². The summed E-state index contributed by atoms with van der Waals surface area (Å²) in [5.41, 5.74) is 0. The first-order valence-electron chi connectivity index (χ1n) is 6.35. The van der Waals surface area contributed by atoms with E-state index in [2.05, 4.69) is 9.88 Å². The summed E-state index contributed by atoms with van der Waals surface area (Å²) in [5.74, 6) is 0. The summed E-state index contributed by atoms with van der Waals surface area (Å²) in [6.07, 6.45) is -4.99. The fourth-order valence-corrected chi connectivity index (χ4v) is 2.92. The van der Waals surface area contributed by atoms with Gasteiger partial charge in [0.1, 0.15) is 12.2 Å². The van der Waals surface area contributed by atoms with Crippen molar-refractivity contribution in [2.24, 2.45) is 0 Å². The number of nitrogens with zero attached hydrogens (tertiary/aromatic N) is 2. The lowest BCUT2D eigenvalue weighted by Crippen LogP contribution is -2.47. The van der Waals surface area contributed by atoms with Crippen molar-refractivity contribution in [3.05, 3.63) is 16.1 Å². The molecule has 2 rings (SSSR count). The normalized spacial score (nSPS) is 23.2. The van der Waals surface area contributed by atoms with Crippen LogP contribution in [0.15, 0.2) is 6.20 Å². The number of alkyl halides is 3. The van der Waals surface area contributed by atoms with E-state index < -0.39 is 23.4 Å². The van der Waals surface area contributed by atoms with E-state index >= 15 is 0 Å². The van der Waals surface area contributed by atoms with Crippen molar-refractivity contribution in [2.75, 3.05) is 19.7 Å². The van der Waals surface area contributed by atoms with Crippen LogP contribution < -0.4 is 0 Å². The smallest absolute Gasteiger partial charge is 0.385 e. The molecule has 1 aromatic heterocycles. The second-order valence-electron chi connectivity index (χ2n) is 5.01. The van der Waals surface area contributed by atoms with Gasteiger partial charge < -0.3 is 9.84 Å². The largest absolute Gasteiger partial charge is 0.443 e. The van der Waals surface area contributed by atoms with Crippen molar-refractivity contribution >= 4 is 11.3 Å². The van der Waals surface area contributed by atoms with Gasteiger partial charge in [0.15, 0.2) is 5.01 Å². The zero-order chi connectivity index (χ0) is 14.9. The van der Waals surface area contributed by atoms with E-state index in [1.165, 1.54) is 0 Å². The van der Waals surface area contributed by atoms with E-state index in [-0.39, 0.29) is 4.88 Å². The number of morpholine rings is 1. The summed E-state index contributed by atoms with van der Waals surface area (Å²) in [6.45, 7) is 5.78. The van der Waals surface area contributed by atoms with Crippen LogP contribution in [0.25, 0.3) is 0 Å². The molecule has 0 amide bonds. The number of aromatic nitrogens is 1. The molecule has 0 bridgehead atoms. The van der Waals surface area contributed by atoms with Crippen LogP contribution in [0.3, 0.4) is 0 Å². The van der Waals surface area contributed by atoms with Gasteiger partial charge in [-0.15, -0.1) is 11.3 Å². The maximum atomic E-state index is 12.5. The zero-order valence-corrected chi connectivity index (χ0v) is 12.0. The molecule has 1 N–H and O–H groups in total. The third-order valence-electron chi connectivity index (χ3n) is 3.26. The van der Waals surface area contributed by atoms with Gasteiger partial charge >= 0.3 is 6.18 Å². The van der Waals surface area contributed by atoms with Crippen LogP contribution in [0.1, 0.15) is 29.8 Å². The monoisotopic (exact) mass is 310 g/mol. The Kier molecular flexibility index (Phi) is 4.68. The standard InChI is InChI=1S/C12H17F3N2O2S/c1-7(2)17-3-4-19-8(6-17)10(18)9-5-16-11(20-9)12(13,14)15/h5,7-8,10,18H,3-4,6H2,1-2H3. The molecule has 1 aliphatic rings. The minimum absolute atomic E-state index is 0.188. The van der Waals surface area contributed by atoms with Gasteiger partial charge in [-0.25, -0.2) is 4.98 Å². The summed E-state index contributed by atoms with van der Waals surface area (Å²) in [4.78, 5) is 5.64. The predicted octanol–water partition coefficient (Wildman–Crippen LogP) is 2.30. The molecule has 8 heteroatoms. The van der Waals surface area contributed by atoms with E-state index in [0.29, 0.717) is 30.5 Å². The van der Waals surface area contributed by atoms with Crippen molar-refractivity contribution in [3.63, 3.8) is 0 Å². The number of halogens is 3. The van der Waals surface area contributed by atoms with Gasteiger partial charge in [0.05, 0.1) is 11.5 Å². The summed E-state index contributed by atoms with van der Waals surface area (Å²) in [7, 11) is 0. The summed E-state index contributed by atoms with van der Waals surface area (Å²) in [5, 5.41) is 9.23. The Morgan fingerprint density at radius 3 is 2.75 bits per heavy atom. The SMILES string of the molecule is CC(C)N1CCOC(C(O)c2cnc(C(F)(F)F)s2)C1. The van der Waals surface area contributed by atoms with Crippen LogP contribution in [0.2, 0.25) is 0 Å². The molecule has 4 nitrogen and oxygen atoms in total. The maximum absolute atomic E-state index is 12.5. The first kappa shape index (κ1) is 15.7. The van der Waals surface area contributed by atoms with Crippen LogP contribution in [0, 0.1) is 0 Å². The lowest BCUT2D eigenvalue weighted by atomic mass is 10.1. The molecule has 0 radical (unpaired) electrons. The molecular weight excluding hydrogens is 293 g/mol. The Hall–Kier alpha value is -0.700. The second kappa shape index (κ2) is 5.97. The summed E-state index contributed by atoms with van der Waals surface area (Å²) in [6, 6.07) is 0.306. The van der Waals surface area contributed by atoms with Gasteiger partial charge in [0.2, 0.25) is 0 Å². The number of aliphatic hydroxyl groups is 1. The lowest BCUT2D eigenvalue weighted by molar-refractivity contribution is -0.137. The lowest BCUT2D eigenvalue weighted by Gasteiger charge is -2.37. The highest BCUT2D eigenvalue weighted by Gasteiger charge is 2.37. The number of thiazole rings is 1. The molecule has 1 saturated heterocycles. The average molecular weight is 310 g/mol. The Morgan fingerprint density at radius 2 is 2.20 bits per heavy atom. The molecule has 114 valence electrons. The molecule has 0 aliphatic carbocycles. The number of hydrogen-bond acceptors (Lipinski definition) is 5. The fourth-order valence-electron chi connectivity index (χ4n) is 2.09. The predicted molar refractivity (Wildman–Crippen MR) is 68.5 cm³/mol. The molecule has 2 unspecified atom stereocenters. The Morgan fingerprint density at radius 1 is 1.50 bits per heavy atom. The number of ether oxygens (including phenoxy) is 1. The highest BCUT2D eigenvalue weighted by molar-refractivity contribution is 7.11. The summed E-state index contributed by atoms with van der Waals surface area (Å²) < 4.78 is 43.0. The zero-order valence-electron chi connectivity index (χ0n) is 11.2. The highest BCUT2D eigenvalue weighted by atomic mass is 32.1. The second-order valence-corrected chi connectivity index (χ2v) is 6.07. The highest BCUT2D eigenvalue weighted by Crippen LogP contribution is 2.35. The third-order valence-corrected chi connectivity index (χ3v) is 4.38. The number of rotatable bonds is 3. The van der Waals surface area contributed by atoms with Gasteiger partial charge in [-0.1, -0.05) is 0 Å². The van der Waals surface area contributed by atoms with E-state index in [1.807, 2.05) is 13.8 Å². The summed E-state index contributed by atoms with van der Waals surface area (Å²) >= 11 is 0.467. The molecule has 1 fully saturated rings. The van der Waals surface area contributed by atoms with Crippen LogP contribution in [0.5, 0.6) is 0 Å². The van der Waals surface area contributed by atoms with E-state index in [1.54, 1.807) is 0 Å². The van der Waals surface area contributed by atoms with E-state index in [0.717, 1.165) is 12.7 Å². The molecule has 0 spiro atoms. The number of aliphatic hydroxyl groups excluding tert-OH is 1. The van der Waals surface area contributed by atoms with E-state index in [4.69, 9.17) is 4.74 Å². The quantitative estimate of drug-likeness (QED) is 0.930. The van der Waals surface area contributed by atoms with Crippen molar-refractivity contribution < 1.29 is 23.0 Å². The van der Waals surface area contributed by atoms with Crippen molar-refractivity contribution in [3.8, 4) is 0 Å². The van der Waals surface area contributed by atoms with Crippen LogP contribution in [0.4, 0.5) is 13.2 Å². The molecule has 1 aromatic rings. The van der Waals surface area contributed by atoms with Crippen molar-refractivity contribution in [2.45, 2.75) is 38.3 Å². The molecule has 2 heterocycles. The Bertz CT molecular complexity index is 450. The molecule has 1 aliphatic heterocycles. The van der Waals surface area contributed by atoms with Gasteiger partial charge in [-0.2, -0.15) is 13.2 Å². The Labute approximate surface area is 119 Å².